The number of hydrogen-bond donors (Lipinski definition) is 1. The topological polar surface area (TPSA) is 78.8 Å². The molecule has 0 spiro atoms. The summed E-state index contributed by atoms with van der Waals surface area (Å²) in [6, 6.07) is 6.87. The number of benzene rings is 1. The predicted molar refractivity (Wildman–Crippen MR) is 92.2 cm³/mol. The quantitative estimate of drug-likeness (QED) is 0.866. The standard InChI is InChI=1S/C18H22N4O3/c1-21(10-14-9-19-7-8-20-14)16-11-22(12-17(16)23)18(24)13-3-5-15(25-2)6-4-13/h3-9,16-17,23H,10-12H2,1-2H3/t16-,17-/m1/s1. The Morgan fingerprint density at radius 1 is 1.32 bits per heavy atom. The molecule has 0 aliphatic carbocycles. The van der Waals surface area contributed by atoms with Crippen molar-refractivity contribution < 1.29 is 14.6 Å². The highest BCUT2D eigenvalue weighted by Gasteiger charge is 2.36. The molecular weight excluding hydrogens is 320 g/mol. The van der Waals surface area contributed by atoms with Crippen molar-refractivity contribution >= 4 is 5.91 Å². The SMILES string of the molecule is COc1ccc(C(=O)N2C[C@@H](O)[C@H](N(C)Cc3cnccn3)C2)cc1. The van der Waals surface area contributed by atoms with Crippen LogP contribution < -0.4 is 4.74 Å². The Kier molecular flexibility index (Phi) is 5.25. The van der Waals surface area contributed by atoms with E-state index in [0.29, 0.717) is 30.9 Å². The fraction of sp³-hybridized carbons (Fsp3) is 0.389. The van der Waals surface area contributed by atoms with E-state index >= 15 is 0 Å². The molecule has 7 nitrogen and oxygen atoms in total. The van der Waals surface area contributed by atoms with E-state index in [-0.39, 0.29) is 11.9 Å². The van der Waals surface area contributed by atoms with Crippen LogP contribution in [0.4, 0.5) is 0 Å². The Morgan fingerprint density at radius 3 is 2.72 bits per heavy atom. The zero-order valence-electron chi connectivity index (χ0n) is 14.4. The van der Waals surface area contributed by atoms with Gasteiger partial charge in [-0.1, -0.05) is 0 Å². The first kappa shape index (κ1) is 17.3. The number of hydrogen-bond acceptors (Lipinski definition) is 6. The summed E-state index contributed by atoms with van der Waals surface area (Å²) in [5, 5.41) is 10.4. The van der Waals surface area contributed by atoms with Crippen molar-refractivity contribution in [2.45, 2.75) is 18.7 Å². The van der Waals surface area contributed by atoms with Crippen molar-refractivity contribution in [3.63, 3.8) is 0 Å². The molecule has 1 aliphatic heterocycles. The molecule has 1 fully saturated rings. The molecule has 1 saturated heterocycles. The summed E-state index contributed by atoms with van der Waals surface area (Å²) < 4.78 is 5.11. The minimum Gasteiger partial charge on any atom is -0.497 e. The molecule has 2 aromatic rings. The van der Waals surface area contributed by atoms with E-state index in [0.717, 1.165) is 5.69 Å². The van der Waals surface area contributed by atoms with Gasteiger partial charge in [0, 0.05) is 43.8 Å². The zero-order chi connectivity index (χ0) is 17.8. The number of likely N-dealkylation sites (N-methyl/N-ethyl adjacent to an activating group) is 1. The van der Waals surface area contributed by atoms with Gasteiger partial charge >= 0.3 is 0 Å². The number of carbonyl (C=O) groups excluding carboxylic acids is 1. The third kappa shape index (κ3) is 3.94. The Hall–Kier alpha value is -2.51. The molecule has 3 rings (SSSR count). The highest BCUT2D eigenvalue weighted by atomic mass is 16.5. The lowest BCUT2D eigenvalue weighted by Gasteiger charge is -2.25. The van der Waals surface area contributed by atoms with Crippen molar-refractivity contribution in [3.8, 4) is 5.75 Å². The average molecular weight is 342 g/mol. The van der Waals surface area contributed by atoms with Crippen LogP contribution in [0.15, 0.2) is 42.9 Å². The van der Waals surface area contributed by atoms with Gasteiger partial charge < -0.3 is 14.7 Å². The molecule has 132 valence electrons. The number of likely N-dealkylation sites (tertiary alicyclic amines) is 1. The van der Waals surface area contributed by atoms with Crippen molar-refractivity contribution in [3.05, 3.63) is 54.1 Å². The molecule has 1 aromatic carbocycles. The molecule has 0 saturated carbocycles. The summed E-state index contributed by atoms with van der Waals surface area (Å²) in [5.74, 6) is 0.622. The molecule has 1 aromatic heterocycles. The van der Waals surface area contributed by atoms with E-state index in [2.05, 4.69) is 9.97 Å². The van der Waals surface area contributed by atoms with Gasteiger partial charge in [-0.25, -0.2) is 0 Å². The maximum Gasteiger partial charge on any atom is 0.254 e. The van der Waals surface area contributed by atoms with Crippen molar-refractivity contribution in [2.24, 2.45) is 0 Å². The van der Waals surface area contributed by atoms with E-state index in [1.54, 1.807) is 54.9 Å². The lowest BCUT2D eigenvalue weighted by atomic mass is 10.2. The second-order valence-electron chi connectivity index (χ2n) is 6.19. The summed E-state index contributed by atoms with van der Waals surface area (Å²) in [4.78, 5) is 24.7. The molecule has 2 heterocycles. The van der Waals surface area contributed by atoms with Crippen LogP contribution >= 0.6 is 0 Å². The Labute approximate surface area is 146 Å². The van der Waals surface area contributed by atoms with Gasteiger partial charge in [0.1, 0.15) is 5.75 Å². The Morgan fingerprint density at radius 2 is 2.08 bits per heavy atom. The van der Waals surface area contributed by atoms with E-state index in [1.807, 2.05) is 11.9 Å². The molecule has 0 radical (unpaired) electrons. The second kappa shape index (κ2) is 7.58. The maximum atomic E-state index is 12.7. The monoisotopic (exact) mass is 342 g/mol. The van der Waals surface area contributed by atoms with E-state index in [4.69, 9.17) is 4.74 Å². The van der Waals surface area contributed by atoms with Gasteiger partial charge in [-0.3, -0.25) is 19.7 Å². The van der Waals surface area contributed by atoms with Gasteiger partial charge in [-0.15, -0.1) is 0 Å². The fourth-order valence-corrected chi connectivity index (χ4v) is 3.07. The molecular formula is C18H22N4O3. The normalized spacial score (nSPS) is 20.1. The van der Waals surface area contributed by atoms with Crippen LogP contribution in [0.2, 0.25) is 0 Å². The molecule has 1 amide bonds. The van der Waals surface area contributed by atoms with Gasteiger partial charge in [0.15, 0.2) is 0 Å². The number of nitrogens with zero attached hydrogens (tertiary/aromatic N) is 4. The number of rotatable bonds is 5. The average Bonchev–Trinajstić information content (AvgIpc) is 3.04. The number of methoxy groups -OCH3 is 1. The number of aliphatic hydroxyl groups is 1. The molecule has 0 bridgehead atoms. The molecule has 7 heteroatoms. The summed E-state index contributed by atoms with van der Waals surface area (Å²) in [7, 11) is 3.51. The number of amides is 1. The minimum absolute atomic E-state index is 0.0860. The third-order valence-electron chi connectivity index (χ3n) is 4.48. The van der Waals surface area contributed by atoms with Crippen LogP contribution in [0.5, 0.6) is 5.75 Å². The highest BCUT2D eigenvalue weighted by Crippen LogP contribution is 2.20. The van der Waals surface area contributed by atoms with E-state index < -0.39 is 6.10 Å². The van der Waals surface area contributed by atoms with Crippen LogP contribution in [-0.2, 0) is 6.54 Å². The van der Waals surface area contributed by atoms with Gasteiger partial charge in [-0.05, 0) is 31.3 Å². The summed E-state index contributed by atoms with van der Waals surface area (Å²) in [6.45, 7) is 1.36. The van der Waals surface area contributed by atoms with Crippen LogP contribution in [0, 0.1) is 0 Å². The predicted octanol–water partition coefficient (Wildman–Crippen LogP) is 0.802. The third-order valence-corrected chi connectivity index (χ3v) is 4.48. The van der Waals surface area contributed by atoms with Crippen molar-refractivity contribution in [1.29, 1.82) is 0 Å². The number of ether oxygens (including phenoxy) is 1. The van der Waals surface area contributed by atoms with Crippen LogP contribution in [0.25, 0.3) is 0 Å². The maximum absolute atomic E-state index is 12.7. The first-order valence-electron chi connectivity index (χ1n) is 8.15. The Balaban J connectivity index is 1.64. The van der Waals surface area contributed by atoms with Gasteiger partial charge in [0.2, 0.25) is 0 Å². The summed E-state index contributed by atoms with van der Waals surface area (Å²) >= 11 is 0. The van der Waals surface area contributed by atoms with E-state index in [1.165, 1.54) is 0 Å². The number of β-amino-alcohol motifs (C(OH)–C–C–N with tert-alkyl or cyclic N) is 1. The van der Waals surface area contributed by atoms with Crippen LogP contribution in [0.1, 0.15) is 16.1 Å². The van der Waals surface area contributed by atoms with Crippen molar-refractivity contribution in [1.82, 2.24) is 19.8 Å². The second-order valence-corrected chi connectivity index (χ2v) is 6.19. The largest absolute Gasteiger partial charge is 0.497 e. The smallest absolute Gasteiger partial charge is 0.254 e. The molecule has 2 atom stereocenters. The molecule has 1 aliphatic rings. The Bertz CT molecular complexity index is 708. The lowest BCUT2D eigenvalue weighted by molar-refractivity contribution is 0.0762. The van der Waals surface area contributed by atoms with Gasteiger partial charge in [0.25, 0.3) is 5.91 Å². The van der Waals surface area contributed by atoms with Crippen LogP contribution in [0.3, 0.4) is 0 Å². The first-order chi connectivity index (χ1) is 12.1. The number of carbonyl (C=O) groups is 1. The van der Waals surface area contributed by atoms with Gasteiger partial charge in [-0.2, -0.15) is 0 Å². The van der Waals surface area contributed by atoms with Crippen molar-refractivity contribution in [2.75, 3.05) is 27.2 Å². The summed E-state index contributed by atoms with van der Waals surface area (Å²) in [6.07, 6.45) is 4.39. The number of aliphatic hydroxyl groups excluding tert-OH is 1. The van der Waals surface area contributed by atoms with E-state index in [9.17, 15) is 9.90 Å². The first-order valence-corrected chi connectivity index (χ1v) is 8.15. The fourth-order valence-electron chi connectivity index (χ4n) is 3.07. The zero-order valence-corrected chi connectivity index (χ0v) is 14.4. The number of aromatic nitrogens is 2. The minimum atomic E-state index is -0.594. The summed E-state index contributed by atoms with van der Waals surface area (Å²) in [5.41, 5.74) is 1.42. The lowest BCUT2D eigenvalue weighted by Crippen LogP contribution is -2.40. The molecule has 0 unspecified atom stereocenters. The molecule has 25 heavy (non-hydrogen) atoms. The van der Waals surface area contributed by atoms with Gasteiger partial charge in [0.05, 0.1) is 24.9 Å². The highest BCUT2D eigenvalue weighted by molar-refractivity contribution is 5.94. The van der Waals surface area contributed by atoms with Crippen LogP contribution in [-0.4, -0.2) is 70.2 Å². The molecule has 1 N–H and O–H groups in total.